The first-order valence-electron chi connectivity index (χ1n) is 5.52. The van der Waals surface area contributed by atoms with Gasteiger partial charge in [-0.05, 0) is 13.0 Å². The fourth-order valence-corrected chi connectivity index (χ4v) is 1.61. The third-order valence-electron chi connectivity index (χ3n) is 2.49. The monoisotopic (exact) mass is 246 g/mol. The van der Waals surface area contributed by atoms with Crippen molar-refractivity contribution in [2.75, 3.05) is 5.32 Å². The molecule has 18 heavy (non-hydrogen) atoms. The van der Waals surface area contributed by atoms with Crippen LogP contribution in [-0.2, 0) is 7.05 Å². The van der Waals surface area contributed by atoms with Gasteiger partial charge in [0.2, 0.25) is 0 Å². The molecule has 1 unspecified atom stereocenters. The van der Waals surface area contributed by atoms with Gasteiger partial charge >= 0.3 is 0 Å². The summed E-state index contributed by atoms with van der Waals surface area (Å²) in [7, 11) is 1.69. The van der Waals surface area contributed by atoms with E-state index in [-0.39, 0.29) is 11.6 Å². The van der Waals surface area contributed by atoms with Crippen LogP contribution in [0, 0.1) is 0 Å². The molecular formula is C12H14N4O2. The van der Waals surface area contributed by atoms with Crippen molar-refractivity contribution in [2.45, 2.75) is 13.0 Å². The number of nitrogens with one attached hydrogen (secondary N) is 1. The molecule has 1 aromatic carbocycles. The minimum atomic E-state index is -0.650. The van der Waals surface area contributed by atoms with Gasteiger partial charge in [0, 0.05) is 18.3 Å². The van der Waals surface area contributed by atoms with E-state index in [4.69, 9.17) is 0 Å². The summed E-state index contributed by atoms with van der Waals surface area (Å²) >= 11 is 0. The largest absolute Gasteiger partial charge is 0.389 e. The molecular weight excluding hydrogens is 232 g/mol. The molecule has 6 nitrogen and oxygen atoms in total. The summed E-state index contributed by atoms with van der Waals surface area (Å²) in [6.07, 6.45) is 0.878. The number of aliphatic hydroxyl groups excluding tert-OH is 1. The Morgan fingerprint density at radius 3 is 2.78 bits per heavy atom. The fraction of sp³-hybridized carbons (Fsp3) is 0.250. The van der Waals surface area contributed by atoms with Crippen molar-refractivity contribution in [3.8, 4) is 0 Å². The molecule has 1 atom stereocenters. The molecule has 0 fully saturated rings. The van der Waals surface area contributed by atoms with Crippen molar-refractivity contribution in [1.82, 2.24) is 15.0 Å². The minimum absolute atomic E-state index is 0.234. The number of nitrogens with zero attached hydrogens (tertiary/aromatic N) is 3. The van der Waals surface area contributed by atoms with Crippen molar-refractivity contribution < 1.29 is 9.90 Å². The van der Waals surface area contributed by atoms with Crippen LogP contribution in [0.4, 0.5) is 5.69 Å². The van der Waals surface area contributed by atoms with Crippen molar-refractivity contribution in [1.29, 1.82) is 0 Å². The van der Waals surface area contributed by atoms with Gasteiger partial charge in [0.05, 0.1) is 12.3 Å². The second kappa shape index (κ2) is 4.97. The Bertz CT molecular complexity index is 563. The number of para-hydroxylation sites is 1. The van der Waals surface area contributed by atoms with Gasteiger partial charge in [-0.1, -0.05) is 23.4 Å². The second-order valence-corrected chi connectivity index (χ2v) is 3.99. The lowest BCUT2D eigenvalue weighted by Gasteiger charge is -2.11. The molecule has 1 amide bonds. The smallest absolute Gasteiger partial charge is 0.277 e. The van der Waals surface area contributed by atoms with E-state index in [2.05, 4.69) is 15.6 Å². The first-order valence-corrected chi connectivity index (χ1v) is 5.52. The van der Waals surface area contributed by atoms with Gasteiger partial charge in [-0.3, -0.25) is 9.48 Å². The van der Waals surface area contributed by atoms with Crippen LogP contribution in [0.3, 0.4) is 0 Å². The molecule has 0 saturated carbocycles. The van der Waals surface area contributed by atoms with E-state index in [0.29, 0.717) is 11.3 Å². The average Bonchev–Trinajstić information content (AvgIpc) is 2.76. The van der Waals surface area contributed by atoms with Crippen LogP contribution in [0.25, 0.3) is 0 Å². The summed E-state index contributed by atoms with van der Waals surface area (Å²) in [5.41, 5.74) is 1.47. The van der Waals surface area contributed by atoms with Gasteiger partial charge in [-0.2, -0.15) is 0 Å². The highest BCUT2D eigenvalue weighted by Gasteiger charge is 2.13. The molecule has 2 N–H and O–H groups in total. The molecule has 2 rings (SSSR count). The highest BCUT2D eigenvalue weighted by atomic mass is 16.3. The predicted molar refractivity (Wildman–Crippen MR) is 66.0 cm³/mol. The Kier molecular flexibility index (Phi) is 3.38. The maximum Gasteiger partial charge on any atom is 0.277 e. The summed E-state index contributed by atoms with van der Waals surface area (Å²) < 4.78 is 1.45. The van der Waals surface area contributed by atoms with Crippen LogP contribution in [0.5, 0.6) is 0 Å². The summed E-state index contributed by atoms with van der Waals surface area (Å²) in [6, 6.07) is 7.09. The Morgan fingerprint density at radius 2 is 2.17 bits per heavy atom. The van der Waals surface area contributed by atoms with Crippen LogP contribution >= 0.6 is 0 Å². The van der Waals surface area contributed by atoms with Crippen molar-refractivity contribution in [3.63, 3.8) is 0 Å². The van der Waals surface area contributed by atoms with E-state index in [1.54, 1.807) is 38.2 Å². The number of hydrogen-bond donors (Lipinski definition) is 2. The maximum absolute atomic E-state index is 11.9. The zero-order chi connectivity index (χ0) is 13.1. The van der Waals surface area contributed by atoms with Gasteiger partial charge in [-0.15, -0.1) is 5.10 Å². The fourth-order valence-electron chi connectivity index (χ4n) is 1.61. The normalized spacial score (nSPS) is 12.2. The standard InChI is InChI=1S/C12H14N4O2/c1-8(17)9-5-3-4-6-10(9)13-12(18)11-7-16(2)15-14-11/h3-8,17H,1-2H3,(H,13,18). The number of aromatic nitrogens is 3. The van der Waals surface area contributed by atoms with Crippen LogP contribution in [0.15, 0.2) is 30.5 Å². The zero-order valence-electron chi connectivity index (χ0n) is 10.2. The van der Waals surface area contributed by atoms with Crippen molar-refractivity contribution in [3.05, 3.63) is 41.7 Å². The number of aryl methyl sites for hydroxylation is 1. The topological polar surface area (TPSA) is 80.0 Å². The first-order chi connectivity index (χ1) is 8.58. The Hall–Kier alpha value is -2.21. The number of amides is 1. The highest BCUT2D eigenvalue weighted by molar-refractivity contribution is 6.03. The number of carbonyl (C=O) groups excluding carboxylic acids is 1. The Morgan fingerprint density at radius 1 is 1.44 bits per heavy atom. The van der Waals surface area contributed by atoms with Crippen molar-refractivity contribution in [2.24, 2.45) is 7.05 Å². The van der Waals surface area contributed by atoms with E-state index in [9.17, 15) is 9.90 Å². The van der Waals surface area contributed by atoms with E-state index < -0.39 is 6.10 Å². The SMILES string of the molecule is CC(O)c1ccccc1NC(=O)c1cn(C)nn1. The lowest BCUT2D eigenvalue weighted by Crippen LogP contribution is -2.14. The average molecular weight is 246 g/mol. The molecule has 1 aromatic heterocycles. The molecule has 1 heterocycles. The first kappa shape index (κ1) is 12.3. The molecule has 2 aromatic rings. The lowest BCUT2D eigenvalue weighted by molar-refractivity contribution is 0.102. The molecule has 0 radical (unpaired) electrons. The van der Waals surface area contributed by atoms with E-state index in [1.807, 2.05) is 0 Å². The quantitative estimate of drug-likeness (QED) is 0.850. The van der Waals surface area contributed by atoms with Gasteiger partial charge in [-0.25, -0.2) is 0 Å². The number of aliphatic hydroxyl groups is 1. The van der Waals surface area contributed by atoms with E-state index in [0.717, 1.165) is 0 Å². The number of benzene rings is 1. The molecule has 0 saturated heterocycles. The lowest BCUT2D eigenvalue weighted by atomic mass is 10.1. The summed E-state index contributed by atoms with van der Waals surface area (Å²) in [6.45, 7) is 1.65. The van der Waals surface area contributed by atoms with Gasteiger partial charge in [0.15, 0.2) is 5.69 Å². The van der Waals surface area contributed by atoms with E-state index in [1.165, 1.54) is 10.9 Å². The number of rotatable bonds is 3. The Balaban J connectivity index is 2.22. The maximum atomic E-state index is 11.9. The van der Waals surface area contributed by atoms with Crippen LogP contribution in [-0.4, -0.2) is 26.0 Å². The van der Waals surface area contributed by atoms with Gasteiger partial charge < -0.3 is 10.4 Å². The minimum Gasteiger partial charge on any atom is -0.389 e. The number of hydrogen-bond acceptors (Lipinski definition) is 4. The number of anilines is 1. The third-order valence-corrected chi connectivity index (χ3v) is 2.49. The predicted octanol–water partition coefficient (Wildman–Crippen LogP) is 1.12. The zero-order valence-corrected chi connectivity index (χ0v) is 10.2. The molecule has 0 aliphatic heterocycles. The Labute approximate surface area is 104 Å². The van der Waals surface area contributed by atoms with Gasteiger partial charge in [0.1, 0.15) is 0 Å². The molecule has 0 aliphatic rings. The molecule has 0 spiro atoms. The summed E-state index contributed by atoms with van der Waals surface area (Å²) in [5, 5.41) is 19.7. The van der Waals surface area contributed by atoms with Gasteiger partial charge in [0.25, 0.3) is 5.91 Å². The molecule has 6 heteroatoms. The van der Waals surface area contributed by atoms with Crippen LogP contribution in [0.2, 0.25) is 0 Å². The third kappa shape index (κ3) is 2.54. The number of carbonyl (C=O) groups is 1. The van der Waals surface area contributed by atoms with Crippen LogP contribution in [0.1, 0.15) is 29.1 Å². The highest BCUT2D eigenvalue weighted by Crippen LogP contribution is 2.22. The summed E-state index contributed by atoms with van der Waals surface area (Å²) in [4.78, 5) is 11.9. The van der Waals surface area contributed by atoms with E-state index >= 15 is 0 Å². The summed E-state index contributed by atoms with van der Waals surface area (Å²) in [5.74, 6) is -0.351. The van der Waals surface area contributed by atoms with Crippen molar-refractivity contribution >= 4 is 11.6 Å². The molecule has 0 bridgehead atoms. The van der Waals surface area contributed by atoms with Crippen LogP contribution < -0.4 is 5.32 Å². The molecule has 0 aliphatic carbocycles. The second-order valence-electron chi connectivity index (χ2n) is 3.99. The molecule has 94 valence electrons.